The lowest BCUT2D eigenvalue weighted by atomic mass is 10.4. The highest BCUT2D eigenvalue weighted by Crippen LogP contribution is 1.87. The summed E-state index contributed by atoms with van der Waals surface area (Å²) in [5, 5.41) is 0. The van der Waals surface area contributed by atoms with Crippen molar-refractivity contribution in [2.45, 2.75) is 26.7 Å². The molecular formula is C12H20N2O4. The van der Waals surface area contributed by atoms with Crippen LogP contribution in [-0.2, 0) is 19.1 Å². The smallest absolute Gasteiger partial charge is 0.307 e. The van der Waals surface area contributed by atoms with Gasteiger partial charge in [0, 0.05) is 25.5 Å². The Labute approximate surface area is 107 Å². The van der Waals surface area contributed by atoms with Crippen LogP contribution in [0.2, 0.25) is 0 Å². The first-order valence-electron chi connectivity index (χ1n) is 6.00. The fourth-order valence-corrected chi connectivity index (χ4v) is 1.02. The third-order valence-corrected chi connectivity index (χ3v) is 1.78. The van der Waals surface area contributed by atoms with Crippen LogP contribution in [0, 0.1) is 0 Å². The van der Waals surface area contributed by atoms with Crippen molar-refractivity contribution >= 4 is 24.4 Å². The first-order chi connectivity index (χ1) is 8.70. The van der Waals surface area contributed by atoms with Gasteiger partial charge in [-0.05, 0) is 13.8 Å². The third-order valence-electron chi connectivity index (χ3n) is 1.78. The minimum absolute atomic E-state index is 0.256. The van der Waals surface area contributed by atoms with E-state index >= 15 is 0 Å². The lowest BCUT2D eigenvalue weighted by molar-refractivity contribution is -0.143. The molecule has 0 aromatic rings. The summed E-state index contributed by atoms with van der Waals surface area (Å²) in [7, 11) is 0. The van der Waals surface area contributed by atoms with E-state index in [4.69, 9.17) is 9.47 Å². The molecule has 0 radical (unpaired) electrons. The quantitative estimate of drug-likeness (QED) is 0.456. The average Bonchev–Trinajstić information content (AvgIpc) is 2.33. The van der Waals surface area contributed by atoms with Crippen molar-refractivity contribution in [2.75, 3.05) is 26.3 Å². The minimum Gasteiger partial charge on any atom is -0.466 e. The molecule has 6 heteroatoms. The monoisotopic (exact) mass is 256 g/mol. The second-order valence-corrected chi connectivity index (χ2v) is 3.22. The van der Waals surface area contributed by atoms with Gasteiger partial charge >= 0.3 is 11.9 Å². The van der Waals surface area contributed by atoms with Crippen molar-refractivity contribution in [3.05, 3.63) is 0 Å². The largest absolute Gasteiger partial charge is 0.466 e. The van der Waals surface area contributed by atoms with Crippen LogP contribution >= 0.6 is 0 Å². The Kier molecular flexibility index (Phi) is 10.6. The summed E-state index contributed by atoms with van der Waals surface area (Å²) >= 11 is 0. The molecule has 0 aliphatic carbocycles. The van der Waals surface area contributed by atoms with Gasteiger partial charge in [-0.25, -0.2) is 0 Å². The van der Waals surface area contributed by atoms with Crippen molar-refractivity contribution in [1.82, 2.24) is 0 Å². The van der Waals surface area contributed by atoms with E-state index in [-0.39, 0.29) is 24.8 Å². The number of carbonyl (C=O) groups is 2. The summed E-state index contributed by atoms with van der Waals surface area (Å²) in [6, 6.07) is 0. The molecule has 0 bridgehead atoms. The van der Waals surface area contributed by atoms with E-state index in [9.17, 15) is 9.59 Å². The summed E-state index contributed by atoms with van der Waals surface area (Å²) < 4.78 is 9.48. The molecule has 6 nitrogen and oxygen atoms in total. The molecule has 102 valence electrons. The molecule has 0 spiro atoms. The maximum atomic E-state index is 10.9. The molecule has 0 aromatic heterocycles. The average molecular weight is 256 g/mol. The zero-order chi connectivity index (χ0) is 13.6. The molecule has 0 amide bonds. The van der Waals surface area contributed by atoms with Crippen LogP contribution in [-0.4, -0.2) is 50.7 Å². The second kappa shape index (κ2) is 11.8. The lowest BCUT2D eigenvalue weighted by Crippen LogP contribution is -2.05. The molecule has 0 N–H and O–H groups in total. The summed E-state index contributed by atoms with van der Waals surface area (Å²) in [5.41, 5.74) is 0. The van der Waals surface area contributed by atoms with Gasteiger partial charge in [-0.1, -0.05) is 0 Å². The van der Waals surface area contributed by atoms with Crippen LogP contribution in [0.1, 0.15) is 26.7 Å². The summed E-state index contributed by atoms with van der Waals surface area (Å²) in [6.45, 7) is 5.05. The molecule has 0 aliphatic rings. The third kappa shape index (κ3) is 10.8. The normalized spacial score (nSPS) is 11.0. The first-order valence-corrected chi connectivity index (χ1v) is 6.00. The molecule has 0 aliphatic heterocycles. The van der Waals surface area contributed by atoms with Gasteiger partial charge in [0.1, 0.15) is 0 Å². The summed E-state index contributed by atoms with van der Waals surface area (Å²) in [6.07, 6.45) is 3.54. The zero-order valence-electron chi connectivity index (χ0n) is 10.9. The van der Waals surface area contributed by atoms with Gasteiger partial charge in [-0.15, -0.1) is 0 Å². The number of ether oxygens (including phenoxy) is 2. The van der Waals surface area contributed by atoms with Crippen molar-refractivity contribution in [2.24, 2.45) is 9.98 Å². The van der Waals surface area contributed by atoms with Crippen molar-refractivity contribution in [3.63, 3.8) is 0 Å². The lowest BCUT2D eigenvalue weighted by Gasteiger charge is -1.97. The van der Waals surface area contributed by atoms with Gasteiger partial charge in [-0.3, -0.25) is 19.6 Å². The maximum absolute atomic E-state index is 10.9. The van der Waals surface area contributed by atoms with Crippen LogP contribution in [0.3, 0.4) is 0 Å². The van der Waals surface area contributed by atoms with Gasteiger partial charge in [0.25, 0.3) is 0 Å². The van der Waals surface area contributed by atoms with E-state index in [0.29, 0.717) is 26.3 Å². The second-order valence-electron chi connectivity index (χ2n) is 3.22. The van der Waals surface area contributed by atoms with E-state index in [2.05, 4.69) is 9.98 Å². The molecule has 0 fully saturated rings. The Morgan fingerprint density at radius 1 is 0.889 bits per heavy atom. The minimum atomic E-state index is -0.256. The molecular weight excluding hydrogens is 236 g/mol. The van der Waals surface area contributed by atoms with Crippen LogP contribution in [0.4, 0.5) is 0 Å². The van der Waals surface area contributed by atoms with Crippen molar-refractivity contribution in [1.29, 1.82) is 0 Å². The Morgan fingerprint density at radius 3 is 1.61 bits per heavy atom. The highest BCUT2D eigenvalue weighted by Gasteiger charge is 1.98. The van der Waals surface area contributed by atoms with Crippen LogP contribution in [0.25, 0.3) is 0 Å². The Balaban J connectivity index is 3.51. The van der Waals surface area contributed by atoms with Crippen LogP contribution in [0.15, 0.2) is 9.98 Å². The van der Waals surface area contributed by atoms with Gasteiger partial charge in [-0.2, -0.15) is 0 Å². The van der Waals surface area contributed by atoms with E-state index in [1.807, 2.05) is 0 Å². The molecule has 0 atom stereocenters. The molecule has 0 rings (SSSR count). The topological polar surface area (TPSA) is 77.3 Å². The van der Waals surface area contributed by atoms with Gasteiger partial charge in [0.05, 0.1) is 26.1 Å². The molecule has 0 unspecified atom stereocenters. The maximum Gasteiger partial charge on any atom is 0.307 e. The molecule has 0 heterocycles. The molecule has 0 aromatic carbocycles. The van der Waals surface area contributed by atoms with Gasteiger partial charge in [0.15, 0.2) is 0 Å². The number of hydrogen-bond acceptors (Lipinski definition) is 6. The first kappa shape index (κ1) is 16.3. The molecule has 0 saturated heterocycles. The van der Waals surface area contributed by atoms with E-state index < -0.39 is 0 Å². The fourth-order valence-electron chi connectivity index (χ4n) is 1.02. The van der Waals surface area contributed by atoms with Crippen LogP contribution < -0.4 is 0 Å². The fraction of sp³-hybridized carbons (Fsp3) is 0.667. The van der Waals surface area contributed by atoms with Gasteiger partial charge in [0.2, 0.25) is 0 Å². The van der Waals surface area contributed by atoms with Crippen LogP contribution in [0.5, 0.6) is 0 Å². The highest BCUT2D eigenvalue weighted by atomic mass is 16.5. The van der Waals surface area contributed by atoms with Crippen molar-refractivity contribution in [3.8, 4) is 0 Å². The van der Waals surface area contributed by atoms with E-state index in [1.54, 1.807) is 13.8 Å². The predicted octanol–water partition coefficient (Wildman–Crippen LogP) is 1.03. The number of rotatable bonds is 9. The SMILES string of the molecule is CCOC(=O)CCN=CC=NCCC(=O)OCC. The molecule has 18 heavy (non-hydrogen) atoms. The summed E-state index contributed by atoms with van der Waals surface area (Å²) in [4.78, 5) is 29.8. The standard InChI is InChI=1S/C12H20N2O4/c1-3-17-11(15)5-7-13-9-10-14-8-6-12(16)18-4-2/h9-10H,3-8H2,1-2H3. The number of esters is 2. The Bertz CT molecular complexity index is 270. The van der Waals surface area contributed by atoms with E-state index in [1.165, 1.54) is 12.4 Å². The zero-order valence-corrected chi connectivity index (χ0v) is 10.9. The number of hydrogen-bond donors (Lipinski definition) is 0. The Hall–Kier alpha value is -1.72. The van der Waals surface area contributed by atoms with Gasteiger partial charge < -0.3 is 9.47 Å². The van der Waals surface area contributed by atoms with Crippen molar-refractivity contribution < 1.29 is 19.1 Å². The predicted molar refractivity (Wildman–Crippen MR) is 69.2 cm³/mol. The number of aliphatic imine (C=N–C) groups is 2. The molecule has 0 saturated carbocycles. The highest BCUT2D eigenvalue weighted by molar-refractivity contribution is 6.16. The number of nitrogens with zero attached hydrogens (tertiary/aromatic N) is 2. The summed E-state index contributed by atoms with van der Waals surface area (Å²) in [5.74, 6) is -0.511. The number of carbonyl (C=O) groups excluding carboxylic acids is 2. The Morgan fingerprint density at radius 2 is 1.28 bits per heavy atom. The van der Waals surface area contributed by atoms with E-state index in [0.717, 1.165) is 0 Å².